The molecule has 4 heteroatoms. The highest BCUT2D eigenvalue weighted by Gasteiger charge is 2.27. The van der Waals surface area contributed by atoms with Crippen molar-refractivity contribution in [2.24, 2.45) is 0 Å². The third kappa shape index (κ3) is 1.66. The fourth-order valence-corrected chi connectivity index (χ4v) is 2.29. The summed E-state index contributed by atoms with van der Waals surface area (Å²) in [6.07, 6.45) is 0.862. The molecule has 0 aliphatic carbocycles. The molecule has 0 radical (unpaired) electrons. The zero-order valence-corrected chi connectivity index (χ0v) is 10.1. The van der Waals surface area contributed by atoms with Crippen LogP contribution in [0.25, 0.3) is 0 Å². The number of hydrogen-bond acceptors (Lipinski definition) is 3. The van der Waals surface area contributed by atoms with Crippen molar-refractivity contribution in [2.45, 2.75) is 13.3 Å². The second-order valence-electron chi connectivity index (χ2n) is 4.51. The summed E-state index contributed by atoms with van der Waals surface area (Å²) < 4.78 is 5.38. The third-order valence-corrected chi connectivity index (χ3v) is 3.20. The van der Waals surface area contributed by atoms with Gasteiger partial charge < -0.3 is 15.1 Å². The highest BCUT2D eigenvalue weighted by molar-refractivity contribution is 6.05. The molecule has 1 aromatic heterocycles. The van der Waals surface area contributed by atoms with Crippen LogP contribution in [-0.2, 0) is 6.42 Å². The Hall–Kier alpha value is -2.23. The van der Waals surface area contributed by atoms with Gasteiger partial charge in [0.15, 0.2) is 5.76 Å². The Morgan fingerprint density at radius 3 is 2.89 bits per heavy atom. The monoisotopic (exact) mass is 242 g/mol. The molecular formula is C14H14N2O2. The molecule has 0 unspecified atom stereocenters. The van der Waals surface area contributed by atoms with Gasteiger partial charge in [0.1, 0.15) is 5.76 Å². The van der Waals surface area contributed by atoms with E-state index in [9.17, 15) is 4.79 Å². The number of anilines is 2. The van der Waals surface area contributed by atoms with E-state index in [0.717, 1.165) is 23.4 Å². The second-order valence-corrected chi connectivity index (χ2v) is 4.51. The van der Waals surface area contributed by atoms with Crippen molar-refractivity contribution in [2.75, 3.05) is 17.2 Å². The van der Waals surface area contributed by atoms with Gasteiger partial charge in [-0.25, -0.2) is 0 Å². The zero-order valence-electron chi connectivity index (χ0n) is 10.1. The van der Waals surface area contributed by atoms with E-state index in [1.165, 1.54) is 0 Å². The number of fused-ring (bicyclic) bond motifs is 1. The van der Waals surface area contributed by atoms with Crippen LogP contribution in [-0.4, -0.2) is 12.5 Å². The summed E-state index contributed by atoms with van der Waals surface area (Å²) in [5.41, 5.74) is 8.50. The maximum absolute atomic E-state index is 12.3. The lowest BCUT2D eigenvalue weighted by Crippen LogP contribution is -2.28. The van der Waals surface area contributed by atoms with Gasteiger partial charge in [-0.1, -0.05) is 6.07 Å². The first-order valence-corrected chi connectivity index (χ1v) is 5.92. The first kappa shape index (κ1) is 10.9. The van der Waals surface area contributed by atoms with Crippen LogP contribution in [0.3, 0.4) is 0 Å². The van der Waals surface area contributed by atoms with Gasteiger partial charge in [-0.15, -0.1) is 0 Å². The summed E-state index contributed by atoms with van der Waals surface area (Å²) in [4.78, 5) is 14.1. The summed E-state index contributed by atoms with van der Waals surface area (Å²) in [6, 6.07) is 9.19. The summed E-state index contributed by atoms with van der Waals surface area (Å²) in [5.74, 6) is 1.01. The molecule has 2 heterocycles. The van der Waals surface area contributed by atoms with Crippen molar-refractivity contribution in [1.29, 1.82) is 0 Å². The van der Waals surface area contributed by atoms with Gasteiger partial charge in [-0.2, -0.15) is 0 Å². The lowest BCUT2D eigenvalue weighted by molar-refractivity contribution is 0.0961. The Labute approximate surface area is 105 Å². The Morgan fingerprint density at radius 1 is 1.33 bits per heavy atom. The normalized spacial score (nSPS) is 13.7. The van der Waals surface area contributed by atoms with Gasteiger partial charge in [0.25, 0.3) is 5.91 Å². The lowest BCUT2D eigenvalue weighted by atomic mass is 10.1. The number of carbonyl (C=O) groups is 1. The highest BCUT2D eigenvalue weighted by Crippen LogP contribution is 2.31. The number of nitrogen functional groups attached to an aromatic ring is 1. The number of rotatable bonds is 1. The number of nitrogens with zero attached hydrogens (tertiary/aromatic N) is 1. The minimum absolute atomic E-state index is 0.104. The largest absolute Gasteiger partial charge is 0.456 e. The van der Waals surface area contributed by atoms with E-state index in [4.69, 9.17) is 10.2 Å². The van der Waals surface area contributed by atoms with Crippen LogP contribution in [0.5, 0.6) is 0 Å². The topological polar surface area (TPSA) is 59.5 Å². The molecule has 0 spiro atoms. The van der Waals surface area contributed by atoms with Gasteiger partial charge in [-0.05, 0) is 43.2 Å². The maximum atomic E-state index is 12.3. The number of furan rings is 1. The van der Waals surface area contributed by atoms with Crippen molar-refractivity contribution in [3.63, 3.8) is 0 Å². The van der Waals surface area contributed by atoms with E-state index in [0.29, 0.717) is 18.0 Å². The number of amides is 1. The molecule has 1 amide bonds. The van der Waals surface area contributed by atoms with Crippen LogP contribution < -0.4 is 10.6 Å². The van der Waals surface area contributed by atoms with Gasteiger partial charge >= 0.3 is 0 Å². The Morgan fingerprint density at radius 2 is 2.17 bits per heavy atom. The Kier molecular flexibility index (Phi) is 2.37. The number of hydrogen-bond donors (Lipinski definition) is 1. The van der Waals surface area contributed by atoms with Crippen LogP contribution >= 0.6 is 0 Å². The van der Waals surface area contributed by atoms with Crippen LogP contribution in [0, 0.1) is 6.92 Å². The molecule has 0 bridgehead atoms. The second kappa shape index (κ2) is 3.91. The minimum Gasteiger partial charge on any atom is -0.456 e. The summed E-state index contributed by atoms with van der Waals surface area (Å²) >= 11 is 0. The average molecular weight is 242 g/mol. The Balaban J connectivity index is 1.96. The van der Waals surface area contributed by atoms with Crippen molar-refractivity contribution < 1.29 is 9.21 Å². The third-order valence-electron chi connectivity index (χ3n) is 3.20. The van der Waals surface area contributed by atoms with Gasteiger partial charge in [0.2, 0.25) is 0 Å². The average Bonchev–Trinajstić information content (AvgIpc) is 2.94. The molecule has 2 N–H and O–H groups in total. The first-order chi connectivity index (χ1) is 8.65. The number of nitrogens with two attached hydrogens (primary N) is 1. The van der Waals surface area contributed by atoms with Crippen LogP contribution in [0.4, 0.5) is 11.4 Å². The van der Waals surface area contributed by atoms with E-state index in [1.54, 1.807) is 17.0 Å². The molecule has 0 saturated carbocycles. The molecule has 0 fully saturated rings. The van der Waals surface area contributed by atoms with Crippen molar-refractivity contribution >= 4 is 17.3 Å². The minimum atomic E-state index is -0.104. The van der Waals surface area contributed by atoms with Gasteiger partial charge in [0.05, 0.1) is 0 Å². The molecule has 18 heavy (non-hydrogen) atoms. The summed E-state index contributed by atoms with van der Waals surface area (Å²) in [7, 11) is 0. The standard InChI is InChI=1S/C14H14N2O2/c1-9-2-5-13(18-9)14(17)16-7-6-10-3-4-11(15)8-12(10)16/h2-5,8H,6-7,15H2,1H3. The van der Waals surface area contributed by atoms with E-state index in [-0.39, 0.29) is 5.91 Å². The van der Waals surface area contributed by atoms with Gasteiger partial charge in [-0.3, -0.25) is 4.79 Å². The molecule has 1 aromatic carbocycles. The molecule has 3 rings (SSSR count). The Bertz CT molecular complexity index is 616. The van der Waals surface area contributed by atoms with Crippen LogP contribution in [0.15, 0.2) is 34.7 Å². The van der Waals surface area contributed by atoms with Gasteiger partial charge in [0, 0.05) is 17.9 Å². The molecule has 1 aliphatic rings. The fraction of sp³-hybridized carbons (Fsp3) is 0.214. The number of aryl methyl sites for hydroxylation is 1. The molecule has 0 atom stereocenters. The predicted octanol–water partition coefficient (Wildman–Crippen LogP) is 2.37. The van der Waals surface area contributed by atoms with E-state index in [2.05, 4.69) is 0 Å². The molecule has 92 valence electrons. The zero-order chi connectivity index (χ0) is 12.7. The summed E-state index contributed by atoms with van der Waals surface area (Å²) in [5, 5.41) is 0. The highest BCUT2D eigenvalue weighted by atomic mass is 16.3. The van der Waals surface area contributed by atoms with Crippen LogP contribution in [0.1, 0.15) is 21.9 Å². The number of benzene rings is 1. The lowest BCUT2D eigenvalue weighted by Gasteiger charge is -2.16. The van der Waals surface area contributed by atoms with Crippen molar-refractivity contribution in [1.82, 2.24) is 0 Å². The van der Waals surface area contributed by atoms with Crippen molar-refractivity contribution in [3.8, 4) is 0 Å². The maximum Gasteiger partial charge on any atom is 0.293 e. The van der Waals surface area contributed by atoms with Crippen molar-refractivity contribution in [3.05, 3.63) is 47.4 Å². The molecule has 2 aromatic rings. The molecule has 1 aliphatic heterocycles. The smallest absolute Gasteiger partial charge is 0.293 e. The fourth-order valence-electron chi connectivity index (χ4n) is 2.29. The predicted molar refractivity (Wildman–Crippen MR) is 69.7 cm³/mol. The van der Waals surface area contributed by atoms with E-state index >= 15 is 0 Å². The molecule has 4 nitrogen and oxygen atoms in total. The summed E-state index contributed by atoms with van der Waals surface area (Å²) in [6.45, 7) is 2.50. The van der Waals surface area contributed by atoms with Crippen LogP contribution in [0.2, 0.25) is 0 Å². The first-order valence-electron chi connectivity index (χ1n) is 5.92. The molecule has 0 saturated heterocycles. The molecular weight excluding hydrogens is 228 g/mol. The quantitative estimate of drug-likeness (QED) is 0.781. The van der Waals surface area contributed by atoms with E-state index < -0.39 is 0 Å². The number of carbonyl (C=O) groups excluding carboxylic acids is 1. The SMILES string of the molecule is Cc1ccc(C(=O)N2CCc3ccc(N)cc32)o1. The van der Waals surface area contributed by atoms with E-state index in [1.807, 2.05) is 25.1 Å².